The fourth-order valence-electron chi connectivity index (χ4n) is 1.62. The summed E-state index contributed by atoms with van der Waals surface area (Å²) in [4.78, 5) is 10.8. The lowest BCUT2D eigenvalue weighted by molar-refractivity contribution is 0.568. The van der Waals surface area contributed by atoms with Gasteiger partial charge in [-0.1, -0.05) is 56.5 Å². The molecule has 0 aliphatic rings. The summed E-state index contributed by atoms with van der Waals surface area (Å²) in [5, 5.41) is 0. The first-order valence-electron chi connectivity index (χ1n) is 5.68. The van der Waals surface area contributed by atoms with Crippen LogP contribution in [0, 0.1) is 0 Å². The number of unbranched alkanes of at least 4 members (excludes halogenated alkanes) is 3. The number of hydrogen-bond acceptors (Lipinski definition) is 1. The van der Waals surface area contributed by atoms with Crippen LogP contribution < -0.4 is 0 Å². The SMILES string of the molecule is CCCCCCC(=C=O)c1ccccc1. The second-order valence-corrected chi connectivity index (χ2v) is 3.76. The first-order valence-corrected chi connectivity index (χ1v) is 5.68. The zero-order valence-corrected chi connectivity index (χ0v) is 9.33. The van der Waals surface area contributed by atoms with Crippen molar-refractivity contribution in [1.29, 1.82) is 0 Å². The van der Waals surface area contributed by atoms with Crippen molar-refractivity contribution in [1.82, 2.24) is 0 Å². The minimum atomic E-state index is 0.812. The minimum Gasteiger partial charge on any atom is -0.233 e. The van der Waals surface area contributed by atoms with E-state index in [-0.39, 0.29) is 0 Å². The van der Waals surface area contributed by atoms with Crippen LogP contribution in [-0.4, -0.2) is 5.94 Å². The summed E-state index contributed by atoms with van der Waals surface area (Å²) in [6.07, 6.45) is 5.63. The Kier molecular flexibility index (Phi) is 5.50. The topological polar surface area (TPSA) is 17.1 Å². The maximum Gasteiger partial charge on any atom is 0.128 e. The second-order valence-electron chi connectivity index (χ2n) is 3.76. The highest BCUT2D eigenvalue weighted by molar-refractivity contribution is 5.87. The van der Waals surface area contributed by atoms with Crippen LogP contribution in [0.25, 0.3) is 5.57 Å². The third-order valence-corrected chi connectivity index (χ3v) is 2.53. The highest BCUT2D eigenvalue weighted by Gasteiger charge is 2.01. The van der Waals surface area contributed by atoms with Gasteiger partial charge in [-0.15, -0.1) is 0 Å². The summed E-state index contributed by atoms with van der Waals surface area (Å²) in [5.41, 5.74) is 1.83. The van der Waals surface area contributed by atoms with E-state index in [1.165, 1.54) is 19.3 Å². The number of carbonyl (C=O) groups excluding carboxylic acids is 1. The van der Waals surface area contributed by atoms with Gasteiger partial charge in [0.25, 0.3) is 0 Å². The van der Waals surface area contributed by atoms with Gasteiger partial charge in [-0.2, -0.15) is 0 Å². The molecule has 0 amide bonds. The molecule has 0 atom stereocenters. The van der Waals surface area contributed by atoms with Crippen molar-refractivity contribution in [2.24, 2.45) is 0 Å². The van der Waals surface area contributed by atoms with Gasteiger partial charge in [0.15, 0.2) is 0 Å². The average molecular weight is 202 g/mol. The molecular weight excluding hydrogens is 184 g/mol. The highest BCUT2D eigenvalue weighted by Crippen LogP contribution is 2.18. The van der Waals surface area contributed by atoms with Crippen molar-refractivity contribution in [3.8, 4) is 0 Å². The largest absolute Gasteiger partial charge is 0.233 e. The van der Waals surface area contributed by atoms with E-state index in [9.17, 15) is 4.79 Å². The van der Waals surface area contributed by atoms with E-state index in [2.05, 4.69) is 12.9 Å². The van der Waals surface area contributed by atoms with Gasteiger partial charge in [0.05, 0.1) is 0 Å². The molecule has 0 unspecified atom stereocenters. The van der Waals surface area contributed by atoms with Crippen molar-refractivity contribution in [2.75, 3.05) is 0 Å². The van der Waals surface area contributed by atoms with Gasteiger partial charge in [0.2, 0.25) is 0 Å². The Balaban J connectivity index is 2.48. The Morgan fingerprint density at radius 2 is 1.87 bits per heavy atom. The lowest BCUT2D eigenvalue weighted by atomic mass is 10.0. The molecule has 0 fully saturated rings. The Morgan fingerprint density at radius 1 is 1.13 bits per heavy atom. The van der Waals surface area contributed by atoms with Crippen molar-refractivity contribution in [3.05, 3.63) is 35.9 Å². The summed E-state index contributed by atoms with van der Waals surface area (Å²) in [6, 6.07) is 9.82. The van der Waals surface area contributed by atoms with E-state index < -0.39 is 0 Å². The molecule has 1 heteroatoms. The molecule has 0 heterocycles. The first-order chi connectivity index (χ1) is 7.38. The van der Waals surface area contributed by atoms with Crippen LogP contribution in [0.5, 0.6) is 0 Å². The Hall–Kier alpha value is -1.33. The molecule has 0 radical (unpaired) electrons. The Labute approximate surface area is 91.8 Å². The summed E-state index contributed by atoms with van der Waals surface area (Å²) < 4.78 is 0. The number of benzene rings is 1. The predicted molar refractivity (Wildman–Crippen MR) is 64.3 cm³/mol. The molecule has 0 spiro atoms. The molecule has 0 aliphatic carbocycles. The van der Waals surface area contributed by atoms with Crippen molar-refractivity contribution in [2.45, 2.75) is 39.0 Å². The first kappa shape index (κ1) is 11.7. The lowest BCUT2D eigenvalue weighted by Crippen LogP contribution is -1.86. The molecular formula is C14H18O. The maximum atomic E-state index is 10.8. The van der Waals surface area contributed by atoms with Crippen LogP contribution in [0.3, 0.4) is 0 Å². The van der Waals surface area contributed by atoms with Gasteiger partial charge in [-0.25, -0.2) is 4.79 Å². The molecule has 0 N–H and O–H groups in total. The van der Waals surface area contributed by atoms with Gasteiger partial charge in [0, 0.05) is 5.57 Å². The average Bonchev–Trinajstić information content (AvgIpc) is 2.30. The molecule has 0 saturated heterocycles. The molecule has 1 aromatic rings. The second kappa shape index (κ2) is 7.03. The van der Waals surface area contributed by atoms with E-state index in [0.29, 0.717) is 0 Å². The molecule has 1 aromatic carbocycles. The fourth-order valence-corrected chi connectivity index (χ4v) is 1.62. The number of hydrogen-bond donors (Lipinski definition) is 0. The van der Waals surface area contributed by atoms with Crippen LogP contribution >= 0.6 is 0 Å². The molecule has 0 bridgehead atoms. The maximum absolute atomic E-state index is 10.8. The van der Waals surface area contributed by atoms with Crippen LogP contribution in [0.2, 0.25) is 0 Å². The number of allylic oxidation sites excluding steroid dienone is 1. The molecule has 1 nitrogen and oxygen atoms in total. The monoisotopic (exact) mass is 202 g/mol. The van der Waals surface area contributed by atoms with Crippen molar-refractivity contribution >= 4 is 11.5 Å². The summed E-state index contributed by atoms with van der Waals surface area (Å²) >= 11 is 0. The van der Waals surface area contributed by atoms with Gasteiger partial charge in [-0.3, -0.25) is 0 Å². The molecule has 80 valence electrons. The van der Waals surface area contributed by atoms with E-state index in [4.69, 9.17) is 0 Å². The quantitative estimate of drug-likeness (QED) is 0.505. The van der Waals surface area contributed by atoms with Crippen LogP contribution in [0.4, 0.5) is 0 Å². The summed E-state index contributed by atoms with van der Waals surface area (Å²) in [6.45, 7) is 2.19. The van der Waals surface area contributed by atoms with E-state index >= 15 is 0 Å². The van der Waals surface area contributed by atoms with E-state index in [1.807, 2.05) is 30.3 Å². The van der Waals surface area contributed by atoms with Gasteiger partial charge < -0.3 is 0 Å². The van der Waals surface area contributed by atoms with Crippen molar-refractivity contribution < 1.29 is 4.79 Å². The summed E-state index contributed by atoms with van der Waals surface area (Å²) in [5.74, 6) is 2.06. The third-order valence-electron chi connectivity index (χ3n) is 2.53. The van der Waals surface area contributed by atoms with Gasteiger partial charge >= 0.3 is 0 Å². The highest BCUT2D eigenvalue weighted by atomic mass is 16.1. The van der Waals surface area contributed by atoms with E-state index in [0.717, 1.165) is 24.0 Å². The number of rotatable bonds is 6. The fraction of sp³-hybridized carbons (Fsp3) is 0.429. The zero-order chi connectivity index (χ0) is 10.9. The minimum absolute atomic E-state index is 0.812. The Morgan fingerprint density at radius 3 is 2.47 bits per heavy atom. The van der Waals surface area contributed by atoms with Gasteiger partial charge in [0.1, 0.15) is 5.94 Å². The summed E-state index contributed by atoms with van der Waals surface area (Å²) in [7, 11) is 0. The molecule has 1 rings (SSSR count). The molecule has 0 aromatic heterocycles. The standard InChI is InChI=1S/C14H18O/c1-2-3-4-6-11-14(12-15)13-9-7-5-8-10-13/h5,7-10H,2-4,6,11H2,1H3. The lowest BCUT2D eigenvalue weighted by Gasteiger charge is -2.02. The molecule has 15 heavy (non-hydrogen) atoms. The normalized spacial score (nSPS) is 9.67. The Bertz CT molecular complexity index is 320. The molecule has 0 saturated carbocycles. The smallest absolute Gasteiger partial charge is 0.128 e. The zero-order valence-electron chi connectivity index (χ0n) is 9.33. The van der Waals surface area contributed by atoms with Crippen LogP contribution in [0.15, 0.2) is 30.3 Å². The molecule has 0 aliphatic heterocycles. The van der Waals surface area contributed by atoms with E-state index in [1.54, 1.807) is 0 Å². The third kappa shape index (κ3) is 4.14. The van der Waals surface area contributed by atoms with Crippen LogP contribution in [-0.2, 0) is 4.79 Å². The van der Waals surface area contributed by atoms with Crippen molar-refractivity contribution in [3.63, 3.8) is 0 Å². The predicted octanol–water partition coefficient (Wildman–Crippen LogP) is 3.87. The van der Waals surface area contributed by atoms with Gasteiger partial charge in [-0.05, 0) is 18.4 Å². The van der Waals surface area contributed by atoms with Crippen LogP contribution in [0.1, 0.15) is 44.6 Å².